The number of nitrogens with one attached hydrogen (secondary N) is 2. The van der Waals surface area contributed by atoms with Crippen LogP contribution in [0.25, 0.3) is 0 Å². The van der Waals surface area contributed by atoms with Crippen molar-refractivity contribution in [1.82, 2.24) is 5.32 Å². The second kappa shape index (κ2) is 8.20. The fourth-order valence-corrected chi connectivity index (χ4v) is 4.04. The first-order chi connectivity index (χ1) is 12.4. The van der Waals surface area contributed by atoms with Crippen molar-refractivity contribution in [2.24, 2.45) is 5.92 Å². The average molecular weight is 375 g/mol. The number of benzene rings is 2. The summed E-state index contributed by atoms with van der Waals surface area (Å²) in [4.78, 5) is 0. The lowest BCUT2D eigenvalue weighted by Gasteiger charge is -2.25. The van der Waals surface area contributed by atoms with E-state index < -0.39 is 16.1 Å². The molecule has 6 heteroatoms. The van der Waals surface area contributed by atoms with Crippen molar-refractivity contribution in [1.29, 1.82) is 0 Å². The van der Waals surface area contributed by atoms with E-state index in [2.05, 4.69) is 34.3 Å². The molecule has 140 valence electrons. The number of anilines is 1. The van der Waals surface area contributed by atoms with Crippen LogP contribution in [0.5, 0.6) is 0 Å². The molecule has 2 aromatic rings. The van der Waals surface area contributed by atoms with Crippen LogP contribution in [0.1, 0.15) is 29.2 Å². The molecule has 0 bridgehead atoms. The van der Waals surface area contributed by atoms with E-state index >= 15 is 0 Å². The zero-order chi connectivity index (χ0) is 18.6. The highest BCUT2D eigenvalue weighted by Gasteiger charge is 2.18. The fraction of sp³-hybridized carbons (Fsp3) is 0.400. The third kappa shape index (κ3) is 5.30. The van der Waals surface area contributed by atoms with Crippen molar-refractivity contribution in [3.05, 3.63) is 65.2 Å². The van der Waals surface area contributed by atoms with Crippen LogP contribution in [-0.4, -0.2) is 32.9 Å². The van der Waals surface area contributed by atoms with Gasteiger partial charge in [0.15, 0.2) is 0 Å². The number of aliphatic hydroxyl groups excluding tert-OH is 1. The van der Waals surface area contributed by atoms with Gasteiger partial charge in [-0.05, 0) is 60.5 Å². The summed E-state index contributed by atoms with van der Waals surface area (Å²) in [6.07, 6.45) is 3.89. The third-order valence-corrected chi connectivity index (χ3v) is 5.42. The Morgan fingerprint density at radius 3 is 2.50 bits per heavy atom. The number of hydrogen-bond acceptors (Lipinski definition) is 4. The van der Waals surface area contributed by atoms with Crippen molar-refractivity contribution in [2.75, 3.05) is 24.1 Å². The van der Waals surface area contributed by atoms with Gasteiger partial charge in [-0.1, -0.05) is 36.4 Å². The molecule has 3 N–H and O–H groups in total. The maximum absolute atomic E-state index is 11.2. The normalized spacial score (nSPS) is 18.2. The zero-order valence-corrected chi connectivity index (χ0v) is 15.8. The summed E-state index contributed by atoms with van der Waals surface area (Å²) in [5, 5.41) is 13.7. The van der Waals surface area contributed by atoms with Gasteiger partial charge >= 0.3 is 0 Å². The van der Waals surface area contributed by atoms with Gasteiger partial charge in [-0.2, -0.15) is 0 Å². The molecule has 0 radical (unpaired) electrons. The molecule has 0 unspecified atom stereocenters. The summed E-state index contributed by atoms with van der Waals surface area (Å²) in [6, 6.07) is 15.4. The predicted molar refractivity (Wildman–Crippen MR) is 105 cm³/mol. The van der Waals surface area contributed by atoms with Gasteiger partial charge < -0.3 is 10.4 Å². The summed E-state index contributed by atoms with van der Waals surface area (Å²) in [7, 11) is -3.28. The van der Waals surface area contributed by atoms with Gasteiger partial charge in [0, 0.05) is 12.2 Å². The second-order valence-electron chi connectivity index (χ2n) is 7.05. The molecule has 0 heterocycles. The molecule has 5 nitrogen and oxygen atoms in total. The number of aryl methyl sites for hydroxylation is 1. The van der Waals surface area contributed by atoms with E-state index in [0.717, 1.165) is 31.2 Å². The zero-order valence-electron chi connectivity index (χ0n) is 15.0. The molecule has 26 heavy (non-hydrogen) atoms. The van der Waals surface area contributed by atoms with E-state index in [9.17, 15) is 13.5 Å². The Morgan fingerprint density at radius 2 is 1.81 bits per heavy atom. The Morgan fingerprint density at radius 1 is 1.12 bits per heavy atom. The fourth-order valence-electron chi connectivity index (χ4n) is 3.48. The second-order valence-corrected chi connectivity index (χ2v) is 8.80. The van der Waals surface area contributed by atoms with Gasteiger partial charge in [0.2, 0.25) is 10.0 Å². The van der Waals surface area contributed by atoms with Gasteiger partial charge in [0.25, 0.3) is 0 Å². The van der Waals surface area contributed by atoms with E-state index in [4.69, 9.17) is 0 Å². The average Bonchev–Trinajstić information content (AvgIpc) is 2.61. The topological polar surface area (TPSA) is 78.4 Å². The van der Waals surface area contributed by atoms with Gasteiger partial charge in [-0.3, -0.25) is 4.72 Å². The van der Waals surface area contributed by atoms with Gasteiger partial charge in [0.1, 0.15) is 0 Å². The maximum atomic E-state index is 11.2. The summed E-state index contributed by atoms with van der Waals surface area (Å²) in [5.74, 6) is 0.596. The van der Waals surface area contributed by atoms with Crippen LogP contribution in [0.15, 0.2) is 48.5 Å². The van der Waals surface area contributed by atoms with Crippen LogP contribution in [0.2, 0.25) is 0 Å². The van der Waals surface area contributed by atoms with Crippen LogP contribution in [0.3, 0.4) is 0 Å². The van der Waals surface area contributed by atoms with E-state index in [0.29, 0.717) is 18.2 Å². The summed E-state index contributed by atoms with van der Waals surface area (Å²) < 4.78 is 24.9. The molecule has 2 aromatic carbocycles. The molecule has 0 aromatic heterocycles. The van der Waals surface area contributed by atoms with Crippen LogP contribution < -0.4 is 10.0 Å². The highest BCUT2D eigenvalue weighted by atomic mass is 32.2. The predicted octanol–water partition coefficient (Wildman–Crippen LogP) is 2.49. The first-order valence-electron chi connectivity index (χ1n) is 8.94. The van der Waals surface area contributed by atoms with Gasteiger partial charge in [0.05, 0.1) is 12.4 Å². The lowest BCUT2D eigenvalue weighted by molar-refractivity contribution is 0.172. The number of rotatable bonds is 7. The van der Waals surface area contributed by atoms with Crippen molar-refractivity contribution >= 4 is 15.7 Å². The SMILES string of the molecule is CS(=O)(=O)Nc1ccc([C@@H](O)CNC[C@H]2CCc3ccccc3C2)cc1. The minimum absolute atomic E-state index is 0.483. The van der Waals surface area contributed by atoms with E-state index in [-0.39, 0.29) is 0 Å². The van der Waals surface area contributed by atoms with Crippen LogP contribution in [-0.2, 0) is 22.9 Å². The van der Waals surface area contributed by atoms with Crippen molar-refractivity contribution in [3.63, 3.8) is 0 Å². The molecule has 1 aliphatic carbocycles. The van der Waals surface area contributed by atoms with E-state index in [1.54, 1.807) is 24.3 Å². The van der Waals surface area contributed by atoms with Crippen molar-refractivity contribution < 1.29 is 13.5 Å². The molecule has 0 saturated carbocycles. The Balaban J connectivity index is 1.46. The molecular formula is C20H26N2O3S. The Kier molecular flexibility index (Phi) is 5.96. The number of fused-ring (bicyclic) bond motifs is 1. The number of hydrogen-bond donors (Lipinski definition) is 3. The quantitative estimate of drug-likeness (QED) is 0.696. The summed E-state index contributed by atoms with van der Waals surface area (Å²) in [5.41, 5.74) is 4.18. The maximum Gasteiger partial charge on any atom is 0.229 e. The Hall–Kier alpha value is -1.89. The molecule has 3 rings (SSSR count). The minimum atomic E-state index is -3.28. The molecule has 2 atom stereocenters. The lowest BCUT2D eigenvalue weighted by Crippen LogP contribution is -2.30. The van der Waals surface area contributed by atoms with E-state index in [1.165, 1.54) is 17.5 Å². The molecular weight excluding hydrogens is 348 g/mol. The summed E-state index contributed by atoms with van der Waals surface area (Å²) >= 11 is 0. The van der Waals surface area contributed by atoms with Crippen molar-refractivity contribution in [3.8, 4) is 0 Å². The number of sulfonamides is 1. The molecule has 0 amide bonds. The smallest absolute Gasteiger partial charge is 0.229 e. The van der Waals surface area contributed by atoms with E-state index in [1.807, 2.05) is 0 Å². The molecule has 0 fully saturated rings. The molecule has 0 spiro atoms. The third-order valence-electron chi connectivity index (χ3n) is 4.82. The number of aliphatic hydroxyl groups is 1. The lowest BCUT2D eigenvalue weighted by atomic mass is 9.84. The minimum Gasteiger partial charge on any atom is -0.387 e. The monoisotopic (exact) mass is 374 g/mol. The van der Waals surface area contributed by atoms with Crippen LogP contribution >= 0.6 is 0 Å². The molecule has 0 saturated heterocycles. The van der Waals surface area contributed by atoms with Gasteiger partial charge in [-0.25, -0.2) is 8.42 Å². The Bertz CT molecular complexity index is 834. The van der Waals surface area contributed by atoms with Crippen molar-refractivity contribution in [2.45, 2.75) is 25.4 Å². The Labute approximate surface area is 155 Å². The largest absolute Gasteiger partial charge is 0.387 e. The standard InChI is InChI=1S/C20H26N2O3S/c1-26(24,25)22-19-10-8-17(9-11-19)20(23)14-21-13-15-6-7-16-4-2-3-5-18(16)12-15/h2-5,8-11,15,20-23H,6-7,12-14H2,1H3/t15-,20-/m0/s1. The molecule has 1 aliphatic rings. The first-order valence-corrected chi connectivity index (χ1v) is 10.8. The highest BCUT2D eigenvalue weighted by molar-refractivity contribution is 7.92. The molecule has 0 aliphatic heterocycles. The summed E-state index contributed by atoms with van der Waals surface area (Å²) in [6.45, 7) is 1.37. The van der Waals surface area contributed by atoms with Gasteiger partial charge in [-0.15, -0.1) is 0 Å². The highest BCUT2D eigenvalue weighted by Crippen LogP contribution is 2.25. The van der Waals surface area contributed by atoms with Crippen LogP contribution in [0, 0.1) is 5.92 Å². The van der Waals surface area contributed by atoms with Crippen LogP contribution in [0.4, 0.5) is 5.69 Å². The first kappa shape index (κ1) is 18.9.